The Hall–Kier alpha value is -1.81. The molecular formula is C17H17BrO3. The minimum atomic E-state index is 0.0275. The van der Waals surface area contributed by atoms with Gasteiger partial charge in [0.25, 0.3) is 0 Å². The number of carbonyl (C=O) groups excluding carboxylic acids is 1. The normalized spacial score (nSPS) is 10.2. The van der Waals surface area contributed by atoms with Crippen molar-refractivity contribution in [1.82, 2.24) is 0 Å². The molecule has 0 spiro atoms. The van der Waals surface area contributed by atoms with Gasteiger partial charge < -0.3 is 9.47 Å². The lowest BCUT2D eigenvalue weighted by atomic mass is 10.1. The van der Waals surface area contributed by atoms with Crippen molar-refractivity contribution < 1.29 is 14.3 Å². The van der Waals surface area contributed by atoms with Gasteiger partial charge in [-0.2, -0.15) is 0 Å². The molecule has 0 aliphatic carbocycles. The maximum atomic E-state index is 11.3. The van der Waals surface area contributed by atoms with Gasteiger partial charge in [-0.15, -0.1) is 0 Å². The summed E-state index contributed by atoms with van der Waals surface area (Å²) in [7, 11) is 0. The molecule has 0 aromatic heterocycles. The largest absolute Gasteiger partial charge is 0.494 e. The Labute approximate surface area is 133 Å². The minimum absolute atomic E-state index is 0.0275. The van der Waals surface area contributed by atoms with Crippen LogP contribution in [0, 0.1) is 0 Å². The van der Waals surface area contributed by atoms with E-state index in [9.17, 15) is 4.79 Å². The van der Waals surface area contributed by atoms with Crippen LogP contribution in [0.5, 0.6) is 17.2 Å². The van der Waals surface area contributed by atoms with E-state index in [4.69, 9.17) is 9.47 Å². The van der Waals surface area contributed by atoms with E-state index in [1.165, 1.54) is 6.92 Å². The van der Waals surface area contributed by atoms with Gasteiger partial charge in [-0.25, -0.2) is 0 Å². The van der Waals surface area contributed by atoms with E-state index in [1.807, 2.05) is 24.3 Å². The predicted molar refractivity (Wildman–Crippen MR) is 86.4 cm³/mol. The smallest absolute Gasteiger partial charge is 0.159 e. The molecule has 4 heteroatoms. The second-order valence-electron chi connectivity index (χ2n) is 4.62. The first kappa shape index (κ1) is 15.6. The van der Waals surface area contributed by atoms with Crippen LogP contribution in [-0.4, -0.2) is 12.4 Å². The molecular weight excluding hydrogens is 332 g/mol. The van der Waals surface area contributed by atoms with Crippen LogP contribution in [0.3, 0.4) is 0 Å². The molecule has 0 unspecified atom stereocenters. The number of halogens is 1. The van der Waals surface area contributed by atoms with Gasteiger partial charge in [0, 0.05) is 5.56 Å². The Kier molecular flexibility index (Phi) is 5.39. The summed E-state index contributed by atoms with van der Waals surface area (Å²) >= 11 is 3.42. The van der Waals surface area contributed by atoms with E-state index < -0.39 is 0 Å². The highest BCUT2D eigenvalue weighted by molar-refractivity contribution is 9.10. The monoisotopic (exact) mass is 348 g/mol. The van der Waals surface area contributed by atoms with Gasteiger partial charge in [-0.3, -0.25) is 4.79 Å². The van der Waals surface area contributed by atoms with E-state index in [0.717, 1.165) is 22.4 Å². The lowest BCUT2D eigenvalue weighted by Gasteiger charge is -2.10. The molecule has 2 rings (SSSR count). The van der Waals surface area contributed by atoms with Crippen molar-refractivity contribution in [2.45, 2.75) is 20.3 Å². The third-order valence-electron chi connectivity index (χ3n) is 2.86. The van der Waals surface area contributed by atoms with Crippen molar-refractivity contribution >= 4 is 21.7 Å². The molecule has 21 heavy (non-hydrogen) atoms. The Morgan fingerprint density at radius 3 is 2.33 bits per heavy atom. The predicted octanol–water partition coefficient (Wildman–Crippen LogP) is 5.23. The first-order valence-electron chi connectivity index (χ1n) is 6.81. The molecule has 2 aromatic rings. The van der Waals surface area contributed by atoms with Crippen molar-refractivity contribution in [1.29, 1.82) is 0 Å². The maximum absolute atomic E-state index is 11.3. The van der Waals surface area contributed by atoms with Gasteiger partial charge in [-0.05, 0) is 71.7 Å². The lowest BCUT2D eigenvalue weighted by molar-refractivity contribution is 0.101. The number of ether oxygens (including phenoxy) is 2. The number of Topliss-reactive ketones (excluding diaryl/α,β-unsaturated/α-hetero) is 1. The summed E-state index contributed by atoms with van der Waals surface area (Å²) in [5.74, 6) is 2.24. The third-order valence-corrected chi connectivity index (χ3v) is 3.48. The molecule has 0 bridgehead atoms. The first-order chi connectivity index (χ1) is 10.1. The van der Waals surface area contributed by atoms with Crippen molar-refractivity contribution in [2.75, 3.05) is 6.61 Å². The Morgan fingerprint density at radius 1 is 1.10 bits per heavy atom. The number of ketones is 1. The van der Waals surface area contributed by atoms with E-state index in [2.05, 4.69) is 22.9 Å². The van der Waals surface area contributed by atoms with Crippen LogP contribution in [0.4, 0.5) is 0 Å². The van der Waals surface area contributed by atoms with Crippen molar-refractivity contribution in [3.8, 4) is 17.2 Å². The highest BCUT2D eigenvalue weighted by atomic mass is 79.9. The third kappa shape index (κ3) is 4.33. The average molecular weight is 349 g/mol. The number of benzene rings is 2. The second-order valence-corrected chi connectivity index (χ2v) is 5.48. The summed E-state index contributed by atoms with van der Waals surface area (Å²) in [6, 6.07) is 12.8. The number of hydrogen-bond acceptors (Lipinski definition) is 3. The zero-order valence-electron chi connectivity index (χ0n) is 12.1. The molecule has 0 N–H and O–H groups in total. The highest BCUT2D eigenvalue weighted by Crippen LogP contribution is 2.31. The molecule has 0 aliphatic rings. The second kappa shape index (κ2) is 7.27. The van der Waals surface area contributed by atoms with Gasteiger partial charge in [0.1, 0.15) is 17.2 Å². The molecule has 2 aromatic carbocycles. The SMILES string of the molecule is CCCOc1ccc(Oc2ccc(C(C)=O)cc2Br)cc1. The number of hydrogen-bond donors (Lipinski definition) is 0. The summed E-state index contributed by atoms with van der Waals surface area (Å²) in [6.45, 7) is 4.31. The Bertz CT molecular complexity index is 620. The molecule has 0 fully saturated rings. The van der Waals surface area contributed by atoms with Crippen LogP contribution in [-0.2, 0) is 0 Å². The summed E-state index contributed by atoms with van der Waals surface area (Å²) in [6.07, 6.45) is 0.980. The number of carbonyl (C=O) groups is 1. The average Bonchev–Trinajstić information content (AvgIpc) is 2.48. The molecule has 110 valence electrons. The highest BCUT2D eigenvalue weighted by Gasteiger charge is 2.07. The zero-order valence-corrected chi connectivity index (χ0v) is 13.6. The molecule has 0 heterocycles. The van der Waals surface area contributed by atoms with Crippen LogP contribution in [0.1, 0.15) is 30.6 Å². The van der Waals surface area contributed by atoms with Crippen LogP contribution in [0.15, 0.2) is 46.9 Å². The molecule has 0 saturated carbocycles. The Balaban J connectivity index is 2.09. The molecule has 0 saturated heterocycles. The fourth-order valence-corrected chi connectivity index (χ4v) is 2.21. The van der Waals surface area contributed by atoms with E-state index in [0.29, 0.717) is 17.9 Å². The van der Waals surface area contributed by atoms with E-state index in [1.54, 1.807) is 18.2 Å². The molecule has 3 nitrogen and oxygen atoms in total. The van der Waals surface area contributed by atoms with Crippen LogP contribution < -0.4 is 9.47 Å². The van der Waals surface area contributed by atoms with Gasteiger partial charge in [-0.1, -0.05) is 6.92 Å². The molecule has 0 aliphatic heterocycles. The topological polar surface area (TPSA) is 35.5 Å². The van der Waals surface area contributed by atoms with Gasteiger partial charge >= 0.3 is 0 Å². The molecule has 0 amide bonds. The summed E-state index contributed by atoms with van der Waals surface area (Å²) in [5.41, 5.74) is 0.650. The van der Waals surface area contributed by atoms with Gasteiger partial charge in [0.05, 0.1) is 11.1 Å². The van der Waals surface area contributed by atoms with Gasteiger partial charge in [0.2, 0.25) is 0 Å². The van der Waals surface area contributed by atoms with Crippen molar-refractivity contribution in [3.63, 3.8) is 0 Å². The maximum Gasteiger partial charge on any atom is 0.159 e. The lowest BCUT2D eigenvalue weighted by Crippen LogP contribution is -1.95. The first-order valence-corrected chi connectivity index (χ1v) is 7.60. The summed E-state index contributed by atoms with van der Waals surface area (Å²) in [5, 5.41) is 0. The minimum Gasteiger partial charge on any atom is -0.494 e. The fraction of sp³-hybridized carbons (Fsp3) is 0.235. The molecule has 0 radical (unpaired) electrons. The quantitative estimate of drug-likeness (QED) is 0.670. The standard InChI is InChI=1S/C17H17BrO3/c1-3-10-20-14-5-7-15(8-6-14)21-17-9-4-13(12(2)19)11-16(17)18/h4-9,11H,3,10H2,1-2H3. The summed E-state index contributed by atoms with van der Waals surface area (Å²) in [4.78, 5) is 11.3. The Morgan fingerprint density at radius 2 is 1.76 bits per heavy atom. The van der Waals surface area contributed by atoms with Crippen LogP contribution >= 0.6 is 15.9 Å². The fourth-order valence-electron chi connectivity index (χ4n) is 1.75. The molecule has 0 atom stereocenters. The van der Waals surface area contributed by atoms with E-state index in [-0.39, 0.29) is 5.78 Å². The zero-order chi connectivity index (χ0) is 15.2. The summed E-state index contributed by atoms with van der Waals surface area (Å²) < 4.78 is 12.1. The van der Waals surface area contributed by atoms with Crippen molar-refractivity contribution in [3.05, 3.63) is 52.5 Å². The van der Waals surface area contributed by atoms with Crippen LogP contribution in [0.25, 0.3) is 0 Å². The van der Waals surface area contributed by atoms with Crippen LogP contribution in [0.2, 0.25) is 0 Å². The van der Waals surface area contributed by atoms with E-state index >= 15 is 0 Å². The van der Waals surface area contributed by atoms with Crippen molar-refractivity contribution in [2.24, 2.45) is 0 Å². The number of rotatable bonds is 6. The van der Waals surface area contributed by atoms with Gasteiger partial charge in [0.15, 0.2) is 5.78 Å².